The molecule has 9 heteroatoms. The summed E-state index contributed by atoms with van der Waals surface area (Å²) in [5.41, 5.74) is 3.71. The fourth-order valence-corrected chi connectivity index (χ4v) is 4.64. The number of aromatic amines is 1. The third-order valence-corrected chi connectivity index (χ3v) is 6.63. The zero-order valence-corrected chi connectivity index (χ0v) is 18.9. The van der Waals surface area contributed by atoms with Crippen molar-refractivity contribution in [3.05, 3.63) is 65.3 Å². The molecule has 1 amide bonds. The monoisotopic (exact) mass is 465 g/mol. The number of carbonyl (C=O) groups is 1. The first-order valence-corrected chi connectivity index (χ1v) is 11.9. The van der Waals surface area contributed by atoms with Crippen molar-refractivity contribution in [1.29, 1.82) is 0 Å². The minimum absolute atomic E-state index is 0.129. The van der Waals surface area contributed by atoms with Crippen molar-refractivity contribution >= 4 is 28.5 Å². The number of thiophene rings is 1. The first kappa shape index (κ1) is 21.5. The Kier molecular flexibility index (Phi) is 6.32. The van der Waals surface area contributed by atoms with Crippen molar-refractivity contribution in [2.24, 2.45) is 0 Å². The van der Waals surface area contributed by atoms with Gasteiger partial charge in [0, 0.05) is 18.7 Å². The molecular formula is C24H24FN5O2S. The number of ether oxygens (including phenoxy) is 1. The minimum atomic E-state index is -0.467. The van der Waals surface area contributed by atoms with Crippen LogP contribution in [0.15, 0.2) is 53.9 Å². The van der Waals surface area contributed by atoms with Crippen molar-refractivity contribution in [3.8, 4) is 16.2 Å². The number of H-pyrrole nitrogens is 1. The van der Waals surface area contributed by atoms with Crippen molar-refractivity contribution in [3.63, 3.8) is 0 Å². The van der Waals surface area contributed by atoms with Crippen molar-refractivity contribution in [2.75, 3.05) is 26.2 Å². The van der Waals surface area contributed by atoms with Gasteiger partial charge >= 0.3 is 6.09 Å². The number of carbonyl (C=O) groups excluding carboxylic acids is 1. The van der Waals surface area contributed by atoms with E-state index < -0.39 is 6.09 Å². The molecule has 2 aromatic heterocycles. The quantitative estimate of drug-likeness (QED) is 0.419. The van der Waals surface area contributed by atoms with E-state index in [4.69, 9.17) is 4.74 Å². The summed E-state index contributed by atoms with van der Waals surface area (Å²) in [6.45, 7) is 3.40. The highest BCUT2D eigenvalue weighted by atomic mass is 32.1. The molecule has 0 radical (unpaired) electrons. The number of likely N-dealkylation sites (tertiary alicyclic amines) is 1. The molecular weight excluding hydrogens is 441 g/mol. The summed E-state index contributed by atoms with van der Waals surface area (Å²) in [5, 5.41) is 13.2. The molecule has 0 spiro atoms. The predicted molar refractivity (Wildman–Crippen MR) is 126 cm³/mol. The zero-order valence-electron chi connectivity index (χ0n) is 18.0. The van der Waals surface area contributed by atoms with E-state index in [2.05, 4.69) is 20.3 Å². The Morgan fingerprint density at radius 3 is 2.70 bits per heavy atom. The van der Waals surface area contributed by atoms with Crippen molar-refractivity contribution < 1.29 is 13.9 Å². The molecule has 0 aliphatic carbocycles. The number of amides is 1. The lowest BCUT2D eigenvalue weighted by molar-refractivity contribution is 0.143. The Balaban J connectivity index is 1.38. The van der Waals surface area contributed by atoms with Gasteiger partial charge in [-0.2, -0.15) is 15.4 Å². The van der Waals surface area contributed by atoms with E-state index in [-0.39, 0.29) is 12.4 Å². The maximum atomic E-state index is 14.8. The van der Waals surface area contributed by atoms with Gasteiger partial charge in [-0.15, -0.1) is 11.3 Å². The summed E-state index contributed by atoms with van der Waals surface area (Å²) in [7, 11) is 0. The fraction of sp³-hybridized carbons (Fsp3) is 0.292. The van der Waals surface area contributed by atoms with Crippen molar-refractivity contribution in [2.45, 2.75) is 19.4 Å². The number of benzene rings is 2. The van der Waals surface area contributed by atoms with Gasteiger partial charge in [-0.05, 0) is 78.8 Å². The normalized spacial score (nSPS) is 14.1. The van der Waals surface area contributed by atoms with Crippen LogP contribution in [0.3, 0.4) is 0 Å². The first-order valence-electron chi connectivity index (χ1n) is 11.0. The molecule has 0 saturated carbocycles. The van der Waals surface area contributed by atoms with Crippen LogP contribution >= 0.6 is 11.3 Å². The maximum absolute atomic E-state index is 14.8. The van der Waals surface area contributed by atoms with E-state index in [1.165, 1.54) is 30.2 Å². The second-order valence-corrected chi connectivity index (χ2v) is 9.01. The number of nitrogens with zero attached hydrogens (tertiary/aromatic N) is 4. The van der Waals surface area contributed by atoms with Gasteiger partial charge in [0.25, 0.3) is 0 Å². The summed E-state index contributed by atoms with van der Waals surface area (Å²) in [5.74, 6) is -0.351. The summed E-state index contributed by atoms with van der Waals surface area (Å²) in [6, 6.07) is 14.3. The lowest BCUT2D eigenvalue weighted by Gasteiger charge is -2.25. The van der Waals surface area contributed by atoms with Gasteiger partial charge in [0.2, 0.25) is 0 Å². The molecule has 0 unspecified atom stereocenters. The zero-order chi connectivity index (χ0) is 22.6. The number of hydrogen-bond acceptors (Lipinski definition) is 6. The highest BCUT2D eigenvalue weighted by molar-refractivity contribution is 7.11. The molecule has 0 atom stereocenters. The fourth-order valence-electron chi connectivity index (χ4n) is 4.08. The SMILES string of the molecule is O=C(Oc1cccs1)N(CCN1CCCC1)Cc1cc(-c2ccc3n[nH]nc3c2)ccc1F. The third kappa shape index (κ3) is 5.04. The van der Waals surface area contributed by atoms with Gasteiger partial charge in [0.1, 0.15) is 16.9 Å². The molecule has 1 aliphatic rings. The summed E-state index contributed by atoms with van der Waals surface area (Å²) in [4.78, 5) is 16.9. The van der Waals surface area contributed by atoms with Crippen LogP contribution < -0.4 is 4.74 Å². The molecule has 0 bridgehead atoms. The van der Waals surface area contributed by atoms with Gasteiger partial charge in [-0.25, -0.2) is 9.18 Å². The number of hydrogen-bond donors (Lipinski definition) is 1. The molecule has 5 rings (SSSR count). The standard InChI is InChI=1S/C24H24FN5O2S/c25-20-7-5-17(18-6-8-21-22(15-18)27-28-26-21)14-19(20)16-30(12-11-29-9-1-2-10-29)24(31)32-23-4-3-13-33-23/h3-8,13-15H,1-2,9-12,16H2,(H,26,27,28). The van der Waals surface area contributed by atoms with E-state index in [1.54, 1.807) is 23.1 Å². The Labute approximate surface area is 194 Å². The number of aromatic nitrogens is 3. The van der Waals surface area contributed by atoms with Gasteiger partial charge in [-0.3, -0.25) is 0 Å². The van der Waals surface area contributed by atoms with E-state index in [1.807, 2.05) is 29.6 Å². The Morgan fingerprint density at radius 2 is 1.88 bits per heavy atom. The van der Waals surface area contributed by atoms with Crippen molar-refractivity contribution in [1.82, 2.24) is 25.2 Å². The van der Waals surface area contributed by atoms with Crippen LogP contribution in [0.2, 0.25) is 0 Å². The highest BCUT2D eigenvalue weighted by Crippen LogP contribution is 2.26. The molecule has 1 aliphatic heterocycles. The molecule has 3 heterocycles. The van der Waals surface area contributed by atoms with Crippen LogP contribution in [0.25, 0.3) is 22.2 Å². The van der Waals surface area contributed by atoms with Gasteiger partial charge in [-0.1, -0.05) is 12.1 Å². The molecule has 2 aromatic carbocycles. The lowest BCUT2D eigenvalue weighted by atomic mass is 10.0. The second kappa shape index (κ2) is 9.68. The van der Waals surface area contributed by atoms with E-state index in [0.29, 0.717) is 17.2 Å². The Bertz CT molecular complexity index is 1240. The maximum Gasteiger partial charge on any atom is 0.416 e. The summed E-state index contributed by atoms with van der Waals surface area (Å²) < 4.78 is 20.4. The number of fused-ring (bicyclic) bond motifs is 1. The average molecular weight is 466 g/mol. The third-order valence-electron chi connectivity index (χ3n) is 5.88. The summed E-state index contributed by atoms with van der Waals surface area (Å²) in [6.07, 6.45) is 1.88. The largest absolute Gasteiger partial charge is 0.416 e. The minimum Gasteiger partial charge on any atom is -0.399 e. The molecule has 1 fully saturated rings. The molecule has 33 heavy (non-hydrogen) atoms. The molecule has 170 valence electrons. The topological polar surface area (TPSA) is 74.3 Å². The predicted octanol–water partition coefficient (Wildman–Crippen LogP) is 4.92. The molecule has 7 nitrogen and oxygen atoms in total. The lowest BCUT2D eigenvalue weighted by Crippen LogP contribution is -2.39. The molecule has 4 aromatic rings. The van der Waals surface area contributed by atoms with Crippen LogP contribution in [0.4, 0.5) is 9.18 Å². The molecule has 1 saturated heterocycles. The van der Waals surface area contributed by atoms with Crippen LogP contribution in [0.5, 0.6) is 5.06 Å². The first-order chi connectivity index (χ1) is 16.2. The van der Waals surface area contributed by atoms with E-state index in [9.17, 15) is 9.18 Å². The van der Waals surface area contributed by atoms with Gasteiger partial charge in [0.05, 0.1) is 6.54 Å². The van der Waals surface area contributed by atoms with Crippen LogP contribution in [-0.2, 0) is 6.54 Å². The van der Waals surface area contributed by atoms with E-state index >= 15 is 0 Å². The smallest absolute Gasteiger partial charge is 0.399 e. The average Bonchev–Trinajstić information content (AvgIpc) is 3.60. The summed E-state index contributed by atoms with van der Waals surface area (Å²) >= 11 is 1.36. The second-order valence-electron chi connectivity index (χ2n) is 8.10. The number of nitrogens with one attached hydrogen (secondary N) is 1. The van der Waals surface area contributed by atoms with E-state index in [0.717, 1.165) is 41.8 Å². The van der Waals surface area contributed by atoms with Crippen LogP contribution in [-0.4, -0.2) is 57.5 Å². The highest BCUT2D eigenvalue weighted by Gasteiger charge is 2.21. The van der Waals surface area contributed by atoms with Crippen LogP contribution in [0.1, 0.15) is 18.4 Å². The molecule has 1 N–H and O–H groups in total. The van der Waals surface area contributed by atoms with Crippen LogP contribution in [0, 0.1) is 5.82 Å². The number of halogens is 1. The Morgan fingerprint density at radius 1 is 1.09 bits per heavy atom. The number of rotatable bonds is 7. The Hall–Kier alpha value is -3.30. The van der Waals surface area contributed by atoms with Gasteiger partial charge < -0.3 is 14.5 Å². The van der Waals surface area contributed by atoms with Gasteiger partial charge in [0.15, 0.2) is 5.06 Å².